The number of fused-ring (bicyclic) bond motifs is 3. The standard InChI is InChI=1S/C26H30N2O5/c1-16(2)23(13-24(29)28-12-11-17(14-28)25(30)31)27-26(32)33-15-22-20-9-5-3-7-18(20)19-8-4-6-10-21(19)22/h3-10,16-17,22-23H,11-15H2,1-2H3,(H,27,32)(H,30,31). The fraction of sp³-hybridized carbons (Fsp3) is 0.423. The Kier molecular flexibility index (Phi) is 6.67. The second-order valence-electron chi connectivity index (χ2n) is 9.19. The molecule has 174 valence electrons. The molecule has 2 aliphatic rings. The van der Waals surface area contributed by atoms with Gasteiger partial charge in [-0.15, -0.1) is 0 Å². The molecule has 2 aromatic carbocycles. The number of hydrogen-bond acceptors (Lipinski definition) is 4. The van der Waals surface area contributed by atoms with Gasteiger partial charge in [0.15, 0.2) is 0 Å². The van der Waals surface area contributed by atoms with Gasteiger partial charge >= 0.3 is 12.1 Å². The summed E-state index contributed by atoms with van der Waals surface area (Å²) in [5, 5.41) is 12.0. The number of rotatable bonds is 7. The predicted molar refractivity (Wildman–Crippen MR) is 124 cm³/mol. The molecule has 0 aromatic heterocycles. The molecule has 0 spiro atoms. The maximum absolute atomic E-state index is 12.7. The van der Waals surface area contributed by atoms with Crippen LogP contribution in [0.2, 0.25) is 0 Å². The van der Waals surface area contributed by atoms with E-state index in [1.54, 1.807) is 4.90 Å². The van der Waals surface area contributed by atoms with E-state index in [9.17, 15) is 14.4 Å². The third kappa shape index (κ3) is 4.87. The van der Waals surface area contributed by atoms with Crippen LogP contribution in [0.15, 0.2) is 48.5 Å². The summed E-state index contributed by atoms with van der Waals surface area (Å²) in [6.07, 6.45) is 0.0368. The van der Waals surface area contributed by atoms with Crippen molar-refractivity contribution in [1.82, 2.24) is 10.2 Å². The van der Waals surface area contributed by atoms with Gasteiger partial charge in [-0.1, -0.05) is 62.4 Å². The van der Waals surface area contributed by atoms with E-state index in [0.29, 0.717) is 13.0 Å². The minimum absolute atomic E-state index is 0.0207. The van der Waals surface area contributed by atoms with Crippen molar-refractivity contribution in [3.05, 3.63) is 59.7 Å². The molecule has 1 saturated heterocycles. The van der Waals surface area contributed by atoms with Crippen LogP contribution >= 0.6 is 0 Å². The number of benzene rings is 2. The highest BCUT2D eigenvalue weighted by molar-refractivity contribution is 5.80. The van der Waals surface area contributed by atoms with Gasteiger partial charge in [0, 0.05) is 31.5 Å². The topological polar surface area (TPSA) is 95.9 Å². The number of nitrogens with zero attached hydrogens (tertiary/aromatic N) is 1. The van der Waals surface area contributed by atoms with Crippen molar-refractivity contribution in [2.45, 2.75) is 38.6 Å². The van der Waals surface area contributed by atoms with Gasteiger partial charge in [-0.05, 0) is 34.6 Å². The smallest absolute Gasteiger partial charge is 0.407 e. The molecule has 2 unspecified atom stereocenters. The summed E-state index contributed by atoms with van der Waals surface area (Å²) >= 11 is 0. The van der Waals surface area contributed by atoms with E-state index >= 15 is 0 Å². The number of hydrogen-bond donors (Lipinski definition) is 2. The number of carbonyl (C=O) groups excluding carboxylic acids is 2. The highest BCUT2D eigenvalue weighted by Gasteiger charge is 2.33. The SMILES string of the molecule is CC(C)C(CC(=O)N1CCC(C(=O)O)C1)NC(=O)OCC1c2ccccc2-c2ccccc21. The Morgan fingerprint density at radius 2 is 1.67 bits per heavy atom. The van der Waals surface area contributed by atoms with E-state index in [2.05, 4.69) is 29.6 Å². The molecular formula is C26H30N2O5. The zero-order chi connectivity index (χ0) is 23.5. The van der Waals surface area contributed by atoms with Crippen molar-refractivity contribution >= 4 is 18.0 Å². The number of alkyl carbamates (subject to hydrolysis) is 1. The quantitative estimate of drug-likeness (QED) is 0.668. The van der Waals surface area contributed by atoms with Crippen molar-refractivity contribution in [2.24, 2.45) is 11.8 Å². The molecule has 2 aromatic rings. The van der Waals surface area contributed by atoms with Crippen LogP contribution in [0.25, 0.3) is 11.1 Å². The summed E-state index contributed by atoms with van der Waals surface area (Å²) in [6, 6.07) is 15.9. The van der Waals surface area contributed by atoms with Gasteiger partial charge < -0.3 is 20.1 Å². The number of amides is 2. The minimum atomic E-state index is -0.873. The lowest BCUT2D eigenvalue weighted by Crippen LogP contribution is -2.43. The van der Waals surface area contributed by atoms with E-state index in [1.807, 2.05) is 38.1 Å². The van der Waals surface area contributed by atoms with Crippen LogP contribution < -0.4 is 5.32 Å². The summed E-state index contributed by atoms with van der Waals surface area (Å²) in [5.74, 6) is -1.53. The van der Waals surface area contributed by atoms with E-state index in [4.69, 9.17) is 9.84 Å². The molecule has 0 radical (unpaired) electrons. The molecule has 7 heteroatoms. The van der Waals surface area contributed by atoms with Crippen LogP contribution in [-0.2, 0) is 14.3 Å². The first-order valence-corrected chi connectivity index (χ1v) is 11.5. The van der Waals surface area contributed by atoms with Crippen molar-refractivity contribution < 1.29 is 24.2 Å². The Bertz CT molecular complexity index is 1000. The zero-order valence-electron chi connectivity index (χ0n) is 19.0. The number of carbonyl (C=O) groups is 3. The predicted octanol–water partition coefficient (Wildman–Crippen LogP) is 3.87. The van der Waals surface area contributed by atoms with Gasteiger partial charge in [0.1, 0.15) is 6.61 Å². The van der Waals surface area contributed by atoms with Gasteiger partial charge in [0.2, 0.25) is 5.91 Å². The maximum Gasteiger partial charge on any atom is 0.407 e. The summed E-state index contributed by atoms with van der Waals surface area (Å²) in [6.45, 7) is 4.75. The summed E-state index contributed by atoms with van der Waals surface area (Å²) in [4.78, 5) is 38.1. The Morgan fingerprint density at radius 3 is 2.21 bits per heavy atom. The van der Waals surface area contributed by atoms with Crippen molar-refractivity contribution in [3.8, 4) is 11.1 Å². The number of likely N-dealkylation sites (tertiary alicyclic amines) is 1. The third-order valence-corrected chi connectivity index (χ3v) is 6.74. The van der Waals surface area contributed by atoms with E-state index < -0.39 is 24.0 Å². The number of aliphatic carboxylic acids is 1. The maximum atomic E-state index is 12.7. The molecule has 1 aliphatic carbocycles. The zero-order valence-corrected chi connectivity index (χ0v) is 19.0. The highest BCUT2D eigenvalue weighted by Crippen LogP contribution is 2.44. The largest absolute Gasteiger partial charge is 0.481 e. The fourth-order valence-corrected chi connectivity index (χ4v) is 4.75. The number of carboxylic acid groups (broad SMARTS) is 1. The number of ether oxygens (including phenoxy) is 1. The molecule has 0 bridgehead atoms. The lowest BCUT2D eigenvalue weighted by Gasteiger charge is -2.25. The average molecular weight is 451 g/mol. The first-order valence-electron chi connectivity index (χ1n) is 11.5. The molecule has 2 atom stereocenters. The van der Waals surface area contributed by atoms with Crippen molar-refractivity contribution in [2.75, 3.05) is 19.7 Å². The second-order valence-corrected chi connectivity index (χ2v) is 9.19. The Hall–Kier alpha value is -3.35. The van der Waals surface area contributed by atoms with Crippen molar-refractivity contribution in [1.29, 1.82) is 0 Å². The Morgan fingerprint density at radius 1 is 1.06 bits per heavy atom. The van der Waals surface area contributed by atoms with Crippen molar-refractivity contribution in [3.63, 3.8) is 0 Å². The first kappa shape index (κ1) is 22.8. The number of nitrogens with one attached hydrogen (secondary N) is 1. The Labute approximate surface area is 193 Å². The third-order valence-electron chi connectivity index (χ3n) is 6.74. The molecule has 0 saturated carbocycles. The van der Waals surface area contributed by atoms with Gasteiger partial charge in [0.25, 0.3) is 0 Å². The van der Waals surface area contributed by atoms with Crippen LogP contribution in [-0.4, -0.2) is 53.7 Å². The molecule has 1 fully saturated rings. The summed E-state index contributed by atoms with van der Waals surface area (Å²) in [5.41, 5.74) is 4.62. The van der Waals surface area contributed by atoms with Crippen LogP contribution in [0.4, 0.5) is 4.79 Å². The molecule has 4 rings (SSSR count). The fourth-order valence-electron chi connectivity index (χ4n) is 4.75. The summed E-state index contributed by atoms with van der Waals surface area (Å²) < 4.78 is 5.62. The molecule has 2 amide bonds. The van der Waals surface area contributed by atoms with Gasteiger partial charge in [-0.25, -0.2) is 4.79 Å². The van der Waals surface area contributed by atoms with Crippen LogP contribution in [0, 0.1) is 11.8 Å². The first-order chi connectivity index (χ1) is 15.8. The minimum Gasteiger partial charge on any atom is -0.481 e. The van der Waals surface area contributed by atoms with Crippen LogP contribution in [0.5, 0.6) is 0 Å². The molecular weight excluding hydrogens is 420 g/mol. The highest BCUT2D eigenvalue weighted by atomic mass is 16.5. The van der Waals surface area contributed by atoms with Crippen LogP contribution in [0.3, 0.4) is 0 Å². The average Bonchev–Trinajstić information content (AvgIpc) is 3.41. The lowest BCUT2D eigenvalue weighted by atomic mass is 9.98. The van der Waals surface area contributed by atoms with Gasteiger partial charge in [-0.2, -0.15) is 0 Å². The van der Waals surface area contributed by atoms with Gasteiger partial charge in [-0.3, -0.25) is 9.59 Å². The lowest BCUT2D eigenvalue weighted by molar-refractivity contribution is -0.141. The Balaban J connectivity index is 1.35. The second kappa shape index (κ2) is 9.65. The van der Waals surface area contributed by atoms with E-state index in [-0.39, 0.29) is 37.3 Å². The molecule has 2 N–H and O–H groups in total. The summed E-state index contributed by atoms with van der Waals surface area (Å²) in [7, 11) is 0. The van der Waals surface area contributed by atoms with E-state index in [1.165, 1.54) is 0 Å². The molecule has 33 heavy (non-hydrogen) atoms. The van der Waals surface area contributed by atoms with E-state index in [0.717, 1.165) is 22.3 Å². The number of carboxylic acids is 1. The molecule has 1 aliphatic heterocycles. The van der Waals surface area contributed by atoms with Crippen LogP contribution in [0.1, 0.15) is 43.7 Å². The molecule has 7 nitrogen and oxygen atoms in total. The van der Waals surface area contributed by atoms with Gasteiger partial charge in [0.05, 0.1) is 5.92 Å². The normalized spacial score (nSPS) is 18.0. The monoisotopic (exact) mass is 450 g/mol. The molecule has 1 heterocycles.